The number of nitrogens with zero attached hydrogens (tertiary/aromatic N) is 1. The van der Waals surface area contributed by atoms with Crippen molar-refractivity contribution in [3.05, 3.63) is 35.1 Å². The lowest BCUT2D eigenvalue weighted by atomic mass is 9.87. The molecule has 1 aromatic rings. The van der Waals surface area contributed by atoms with Gasteiger partial charge >= 0.3 is 6.03 Å². The molecule has 0 bridgehead atoms. The highest BCUT2D eigenvalue weighted by molar-refractivity contribution is 5.75. The lowest BCUT2D eigenvalue weighted by Gasteiger charge is -2.38. The molecular weight excluding hydrogens is 311 g/mol. The molecule has 0 saturated carbocycles. The van der Waals surface area contributed by atoms with E-state index in [0.29, 0.717) is 26.2 Å². The van der Waals surface area contributed by atoms with E-state index in [2.05, 4.69) is 5.32 Å². The van der Waals surface area contributed by atoms with Crippen LogP contribution >= 0.6 is 0 Å². The van der Waals surface area contributed by atoms with Crippen molar-refractivity contribution in [2.45, 2.75) is 50.8 Å². The maximum Gasteiger partial charge on any atom is 0.318 e. The van der Waals surface area contributed by atoms with Gasteiger partial charge in [-0.3, -0.25) is 0 Å². The van der Waals surface area contributed by atoms with E-state index in [9.17, 15) is 14.3 Å². The molecule has 2 aliphatic rings. The third kappa shape index (κ3) is 3.87. The second-order valence-corrected chi connectivity index (χ2v) is 6.74. The molecule has 0 spiro atoms. The molecule has 5 nitrogen and oxygen atoms in total. The smallest absolute Gasteiger partial charge is 0.318 e. The van der Waals surface area contributed by atoms with Gasteiger partial charge < -0.3 is 20.1 Å². The molecule has 6 heteroatoms. The van der Waals surface area contributed by atoms with E-state index in [4.69, 9.17) is 4.74 Å². The molecule has 1 saturated heterocycles. The van der Waals surface area contributed by atoms with Gasteiger partial charge in [-0.25, -0.2) is 9.18 Å². The summed E-state index contributed by atoms with van der Waals surface area (Å²) in [7, 11) is 0. The molecule has 1 aromatic carbocycles. The predicted molar refractivity (Wildman–Crippen MR) is 88.2 cm³/mol. The van der Waals surface area contributed by atoms with E-state index >= 15 is 0 Å². The van der Waals surface area contributed by atoms with Crippen LogP contribution in [-0.4, -0.2) is 47.9 Å². The van der Waals surface area contributed by atoms with Gasteiger partial charge in [0, 0.05) is 6.54 Å². The first-order chi connectivity index (χ1) is 11.5. The maximum atomic E-state index is 13.6. The molecule has 2 amide bonds. The van der Waals surface area contributed by atoms with Crippen LogP contribution in [0.1, 0.15) is 43.4 Å². The summed E-state index contributed by atoms with van der Waals surface area (Å²) in [6.45, 7) is 3.16. The van der Waals surface area contributed by atoms with E-state index < -0.39 is 6.10 Å². The second kappa shape index (κ2) is 7.49. The highest BCUT2D eigenvalue weighted by Crippen LogP contribution is 2.30. The topological polar surface area (TPSA) is 61.8 Å². The van der Waals surface area contributed by atoms with Crippen molar-refractivity contribution in [3.63, 3.8) is 0 Å². The average molecular weight is 336 g/mol. The Hall–Kier alpha value is -1.66. The minimum atomic E-state index is -0.489. The van der Waals surface area contributed by atoms with Gasteiger partial charge in [-0.15, -0.1) is 0 Å². The first-order valence-electron chi connectivity index (χ1n) is 8.66. The van der Waals surface area contributed by atoms with E-state index in [1.165, 1.54) is 12.1 Å². The van der Waals surface area contributed by atoms with Crippen LogP contribution < -0.4 is 5.32 Å². The number of carbonyl (C=O) groups is 1. The number of aryl methyl sites for hydroxylation is 1. The lowest BCUT2D eigenvalue weighted by molar-refractivity contribution is -0.00493. The van der Waals surface area contributed by atoms with Crippen molar-refractivity contribution in [2.75, 3.05) is 19.8 Å². The van der Waals surface area contributed by atoms with E-state index in [-0.39, 0.29) is 23.9 Å². The molecule has 1 fully saturated rings. The molecule has 3 rings (SSSR count). The normalized spacial score (nSPS) is 25.0. The number of hydrogen-bond acceptors (Lipinski definition) is 3. The van der Waals surface area contributed by atoms with Crippen LogP contribution in [0.5, 0.6) is 0 Å². The number of carbonyl (C=O) groups excluding carboxylic acids is 1. The third-order valence-corrected chi connectivity index (χ3v) is 4.82. The van der Waals surface area contributed by atoms with E-state index in [0.717, 1.165) is 30.4 Å². The Kier molecular flexibility index (Phi) is 5.36. The monoisotopic (exact) mass is 336 g/mol. The summed E-state index contributed by atoms with van der Waals surface area (Å²) < 4.78 is 19.0. The van der Waals surface area contributed by atoms with Crippen LogP contribution in [-0.2, 0) is 11.2 Å². The van der Waals surface area contributed by atoms with E-state index in [1.54, 1.807) is 11.8 Å². The number of benzene rings is 1. The maximum absolute atomic E-state index is 13.6. The van der Waals surface area contributed by atoms with Gasteiger partial charge in [-0.1, -0.05) is 6.07 Å². The summed E-state index contributed by atoms with van der Waals surface area (Å²) in [5, 5.41) is 12.7. The number of ether oxygens (including phenoxy) is 1. The number of urea groups is 1. The Bertz CT molecular complexity index is 594. The Balaban J connectivity index is 1.71. The van der Waals surface area contributed by atoms with Crippen LogP contribution in [0.15, 0.2) is 18.2 Å². The van der Waals surface area contributed by atoms with Gasteiger partial charge in [0.05, 0.1) is 31.4 Å². The van der Waals surface area contributed by atoms with Gasteiger partial charge in [0.15, 0.2) is 0 Å². The van der Waals surface area contributed by atoms with Gasteiger partial charge in [-0.2, -0.15) is 0 Å². The van der Waals surface area contributed by atoms with Crippen molar-refractivity contribution >= 4 is 6.03 Å². The number of aliphatic hydroxyl groups excluding tert-OH is 1. The summed E-state index contributed by atoms with van der Waals surface area (Å²) in [5.74, 6) is -0.270. The number of halogens is 1. The van der Waals surface area contributed by atoms with Crippen molar-refractivity contribution in [2.24, 2.45) is 0 Å². The van der Waals surface area contributed by atoms with Crippen LogP contribution in [0.25, 0.3) is 0 Å². The number of nitrogens with one attached hydrogen (secondary N) is 1. The van der Waals surface area contributed by atoms with Crippen LogP contribution in [0.4, 0.5) is 9.18 Å². The zero-order chi connectivity index (χ0) is 17.1. The molecular formula is C18H25FN2O3. The molecule has 132 valence electrons. The fraction of sp³-hybridized carbons (Fsp3) is 0.611. The fourth-order valence-corrected chi connectivity index (χ4v) is 3.66. The fourth-order valence-electron chi connectivity index (χ4n) is 3.66. The Morgan fingerprint density at radius 3 is 3.17 bits per heavy atom. The van der Waals surface area contributed by atoms with Gasteiger partial charge in [0.25, 0.3) is 0 Å². The molecule has 1 aliphatic heterocycles. The lowest BCUT2D eigenvalue weighted by Crippen LogP contribution is -2.54. The number of hydrogen-bond donors (Lipinski definition) is 2. The van der Waals surface area contributed by atoms with Crippen molar-refractivity contribution in [1.29, 1.82) is 0 Å². The molecule has 24 heavy (non-hydrogen) atoms. The van der Waals surface area contributed by atoms with Gasteiger partial charge in [-0.05, 0) is 55.9 Å². The predicted octanol–water partition coefficient (Wildman–Crippen LogP) is 2.38. The summed E-state index contributed by atoms with van der Waals surface area (Å²) in [6.07, 6.45) is 2.71. The van der Waals surface area contributed by atoms with Crippen LogP contribution in [0.3, 0.4) is 0 Å². The van der Waals surface area contributed by atoms with Crippen molar-refractivity contribution < 1.29 is 19.0 Å². The molecule has 1 heterocycles. The second-order valence-electron chi connectivity index (χ2n) is 6.74. The number of amides is 2. The Labute approximate surface area is 141 Å². The SMILES string of the molecule is CC(O)CC1COCCN1C(=O)NC1CCCc2ccc(F)cc21. The Morgan fingerprint density at radius 2 is 2.38 bits per heavy atom. The third-order valence-electron chi connectivity index (χ3n) is 4.82. The van der Waals surface area contributed by atoms with Crippen LogP contribution in [0.2, 0.25) is 0 Å². The largest absolute Gasteiger partial charge is 0.393 e. The van der Waals surface area contributed by atoms with E-state index in [1.807, 2.05) is 6.07 Å². The van der Waals surface area contributed by atoms with Crippen LogP contribution in [0, 0.1) is 5.82 Å². The number of fused-ring (bicyclic) bond motifs is 1. The quantitative estimate of drug-likeness (QED) is 0.891. The standard InChI is InChI=1S/C18H25FN2O3/c1-12(22)9-15-11-24-8-7-21(15)18(23)20-17-4-2-3-13-5-6-14(19)10-16(13)17/h5-6,10,12,15,17,22H,2-4,7-9,11H2,1H3,(H,20,23). The first-order valence-corrected chi connectivity index (χ1v) is 8.66. The number of rotatable bonds is 3. The zero-order valence-corrected chi connectivity index (χ0v) is 14.0. The summed E-state index contributed by atoms with van der Waals surface area (Å²) in [5.41, 5.74) is 1.99. The molecule has 3 atom stereocenters. The summed E-state index contributed by atoms with van der Waals surface area (Å²) in [4.78, 5) is 14.5. The molecule has 0 aromatic heterocycles. The van der Waals surface area contributed by atoms with Crippen molar-refractivity contribution in [1.82, 2.24) is 10.2 Å². The molecule has 0 radical (unpaired) electrons. The van der Waals surface area contributed by atoms with Crippen molar-refractivity contribution in [3.8, 4) is 0 Å². The highest BCUT2D eigenvalue weighted by Gasteiger charge is 2.31. The number of aliphatic hydroxyl groups is 1. The minimum absolute atomic E-state index is 0.130. The minimum Gasteiger partial charge on any atom is -0.393 e. The molecule has 3 unspecified atom stereocenters. The van der Waals surface area contributed by atoms with Gasteiger partial charge in [0.2, 0.25) is 0 Å². The first kappa shape index (κ1) is 17.2. The summed E-state index contributed by atoms with van der Waals surface area (Å²) in [6, 6.07) is 4.37. The zero-order valence-electron chi connectivity index (χ0n) is 14.0. The summed E-state index contributed by atoms with van der Waals surface area (Å²) >= 11 is 0. The Morgan fingerprint density at radius 1 is 1.54 bits per heavy atom. The molecule has 1 aliphatic carbocycles. The molecule has 2 N–H and O–H groups in total. The highest BCUT2D eigenvalue weighted by atomic mass is 19.1. The number of morpholine rings is 1. The van der Waals surface area contributed by atoms with Gasteiger partial charge in [0.1, 0.15) is 5.82 Å². The average Bonchev–Trinajstić information content (AvgIpc) is 2.55.